The Kier molecular flexibility index (Phi) is 4.79. The Balaban J connectivity index is 1.49. The summed E-state index contributed by atoms with van der Waals surface area (Å²) in [6, 6.07) is 6.46. The van der Waals surface area contributed by atoms with E-state index in [0.717, 1.165) is 10.5 Å². The van der Waals surface area contributed by atoms with Crippen LogP contribution in [0, 0.1) is 0 Å². The largest absolute Gasteiger partial charge is 0.355 e. The predicted octanol–water partition coefficient (Wildman–Crippen LogP) is 1.21. The zero-order valence-electron chi connectivity index (χ0n) is 16.1. The highest BCUT2D eigenvalue weighted by molar-refractivity contribution is 6.19. The van der Waals surface area contributed by atoms with E-state index in [-0.39, 0.29) is 17.7 Å². The van der Waals surface area contributed by atoms with Crippen LogP contribution in [0.5, 0.6) is 0 Å². The molecule has 0 saturated heterocycles. The van der Waals surface area contributed by atoms with Gasteiger partial charge in [0.05, 0.1) is 5.69 Å². The van der Waals surface area contributed by atoms with E-state index >= 15 is 0 Å². The number of likely N-dealkylation sites (N-methyl/N-ethyl adjacent to an activating group) is 1. The number of aromatic nitrogens is 3. The maximum absolute atomic E-state index is 12.8. The molecule has 0 aliphatic carbocycles. The molecule has 0 saturated carbocycles. The van der Waals surface area contributed by atoms with Crippen LogP contribution in [0.15, 0.2) is 47.9 Å². The molecule has 29 heavy (non-hydrogen) atoms. The van der Waals surface area contributed by atoms with Crippen molar-refractivity contribution in [1.29, 1.82) is 0 Å². The molecule has 1 atom stereocenters. The average Bonchev–Trinajstić information content (AvgIpc) is 2.98. The zero-order valence-corrected chi connectivity index (χ0v) is 16.1. The number of hydrogen-bond donors (Lipinski definition) is 1. The lowest BCUT2D eigenvalue weighted by molar-refractivity contribution is -0.136. The fraction of sp³-hybridized carbons (Fsp3) is 0.300. The molecule has 0 bridgehead atoms. The Labute approximate surface area is 167 Å². The summed E-state index contributed by atoms with van der Waals surface area (Å²) in [6.07, 6.45) is 4.62. The molecule has 4 rings (SSSR count). The van der Waals surface area contributed by atoms with Gasteiger partial charge in [-0.3, -0.25) is 24.3 Å². The summed E-state index contributed by atoms with van der Waals surface area (Å²) in [7, 11) is 1.46. The van der Waals surface area contributed by atoms with Gasteiger partial charge in [-0.25, -0.2) is 0 Å². The number of nitrogens with one attached hydrogen (secondary N) is 1. The maximum Gasteiger partial charge on any atom is 0.277 e. The van der Waals surface area contributed by atoms with Crippen LogP contribution in [0.3, 0.4) is 0 Å². The molecular formula is C20H20N6O3. The van der Waals surface area contributed by atoms with Gasteiger partial charge in [0, 0.05) is 37.1 Å². The summed E-state index contributed by atoms with van der Waals surface area (Å²) in [5.41, 5.74) is 2.30. The second-order valence-corrected chi connectivity index (χ2v) is 7.00. The van der Waals surface area contributed by atoms with Gasteiger partial charge in [0.1, 0.15) is 11.7 Å². The van der Waals surface area contributed by atoms with E-state index in [4.69, 9.17) is 0 Å². The van der Waals surface area contributed by atoms with Crippen molar-refractivity contribution in [3.8, 4) is 11.3 Å². The third-order valence-corrected chi connectivity index (χ3v) is 5.19. The standard InChI is InChI=1S/C20H20N6O3/c1-12(26-10-4-6-14-17(26)20(29)25(2)19(14)28)18(27)22-16-8-7-15(23-24-16)13-5-3-9-21-11-13/h3,5,7-9,11-12H,4,6,10H2,1-2H3,(H,22,24,27). The van der Waals surface area contributed by atoms with Gasteiger partial charge >= 0.3 is 0 Å². The van der Waals surface area contributed by atoms with Crippen LogP contribution in [-0.4, -0.2) is 62.3 Å². The van der Waals surface area contributed by atoms with Crippen molar-refractivity contribution in [2.75, 3.05) is 18.9 Å². The van der Waals surface area contributed by atoms with Crippen LogP contribution in [0.2, 0.25) is 0 Å². The molecule has 9 heteroatoms. The van der Waals surface area contributed by atoms with E-state index in [0.29, 0.717) is 42.2 Å². The Morgan fingerprint density at radius 1 is 1.17 bits per heavy atom. The summed E-state index contributed by atoms with van der Waals surface area (Å²) in [4.78, 5) is 44.3. The zero-order chi connectivity index (χ0) is 20.5. The summed E-state index contributed by atoms with van der Waals surface area (Å²) >= 11 is 0. The third-order valence-electron chi connectivity index (χ3n) is 5.19. The lowest BCUT2D eigenvalue weighted by Gasteiger charge is -2.33. The minimum atomic E-state index is -0.636. The second kappa shape index (κ2) is 7.42. The summed E-state index contributed by atoms with van der Waals surface area (Å²) < 4.78 is 0. The van der Waals surface area contributed by atoms with Crippen molar-refractivity contribution < 1.29 is 14.4 Å². The highest BCUT2D eigenvalue weighted by Crippen LogP contribution is 2.32. The van der Waals surface area contributed by atoms with E-state index in [9.17, 15) is 14.4 Å². The van der Waals surface area contributed by atoms with E-state index in [2.05, 4.69) is 20.5 Å². The normalized spacial score (nSPS) is 17.4. The average molecular weight is 392 g/mol. The Bertz CT molecular complexity index is 1000. The first-order valence-corrected chi connectivity index (χ1v) is 9.34. The number of pyridine rings is 1. The Hall–Kier alpha value is -3.62. The minimum absolute atomic E-state index is 0.279. The van der Waals surface area contributed by atoms with Gasteiger partial charge in [-0.1, -0.05) is 0 Å². The molecule has 0 radical (unpaired) electrons. The first-order valence-electron chi connectivity index (χ1n) is 9.34. The molecule has 0 fully saturated rings. The van der Waals surface area contributed by atoms with Crippen molar-refractivity contribution in [1.82, 2.24) is 25.0 Å². The van der Waals surface area contributed by atoms with Crippen molar-refractivity contribution >= 4 is 23.5 Å². The molecular weight excluding hydrogens is 372 g/mol. The van der Waals surface area contributed by atoms with E-state index in [1.54, 1.807) is 36.4 Å². The fourth-order valence-electron chi connectivity index (χ4n) is 3.57. The highest BCUT2D eigenvalue weighted by atomic mass is 16.2. The first-order chi connectivity index (χ1) is 14.0. The molecule has 2 aromatic rings. The van der Waals surface area contributed by atoms with Crippen molar-refractivity contribution in [2.45, 2.75) is 25.8 Å². The molecule has 148 valence electrons. The number of nitrogens with zero attached hydrogens (tertiary/aromatic N) is 5. The summed E-state index contributed by atoms with van der Waals surface area (Å²) in [5.74, 6) is -0.646. The SMILES string of the molecule is CC(C(=O)Nc1ccc(-c2cccnc2)nn1)N1CCCC2=C1C(=O)N(C)C2=O. The number of amides is 3. The molecule has 4 heterocycles. The number of imide groups is 1. The van der Waals surface area contributed by atoms with E-state index in [1.165, 1.54) is 7.05 Å². The van der Waals surface area contributed by atoms with Gasteiger partial charge in [0.15, 0.2) is 5.82 Å². The van der Waals surface area contributed by atoms with Crippen LogP contribution in [-0.2, 0) is 14.4 Å². The maximum atomic E-state index is 12.8. The molecule has 0 spiro atoms. The van der Waals surface area contributed by atoms with Crippen molar-refractivity contribution in [3.63, 3.8) is 0 Å². The molecule has 0 aromatic carbocycles. The topological polar surface area (TPSA) is 108 Å². The highest BCUT2D eigenvalue weighted by Gasteiger charge is 2.42. The molecule has 1 unspecified atom stereocenters. The number of carbonyl (C=O) groups is 3. The quantitative estimate of drug-likeness (QED) is 0.779. The Morgan fingerprint density at radius 3 is 2.69 bits per heavy atom. The molecule has 2 aliphatic rings. The number of hydrogen-bond acceptors (Lipinski definition) is 7. The van der Waals surface area contributed by atoms with Crippen LogP contribution in [0.25, 0.3) is 11.3 Å². The predicted molar refractivity (Wildman–Crippen MR) is 104 cm³/mol. The van der Waals surface area contributed by atoms with Crippen LogP contribution < -0.4 is 5.32 Å². The lowest BCUT2D eigenvalue weighted by Crippen LogP contribution is -2.45. The van der Waals surface area contributed by atoms with Crippen molar-refractivity contribution in [2.24, 2.45) is 0 Å². The lowest BCUT2D eigenvalue weighted by atomic mass is 10.0. The van der Waals surface area contributed by atoms with Gasteiger partial charge in [-0.2, -0.15) is 0 Å². The Morgan fingerprint density at radius 2 is 2.00 bits per heavy atom. The molecule has 2 aromatic heterocycles. The first kappa shape index (κ1) is 18.7. The van der Waals surface area contributed by atoms with Crippen LogP contribution in [0.4, 0.5) is 5.82 Å². The van der Waals surface area contributed by atoms with Gasteiger partial charge in [0.2, 0.25) is 5.91 Å². The molecule has 3 amide bonds. The fourth-order valence-corrected chi connectivity index (χ4v) is 3.57. The van der Waals surface area contributed by atoms with Gasteiger partial charge < -0.3 is 10.2 Å². The van der Waals surface area contributed by atoms with Crippen LogP contribution >= 0.6 is 0 Å². The number of anilines is 1. The summed E-state index contributed by atoms with van der Waals surface area (Å²) in [6.45, 7) is 2.24. The smallest absolute Gasteiger partial charge is 0.277 e. The van der Waals surface area contributed by atoms with E-state index < -0.39 is 6.04 Å². The van der Waals surface area contributed by atoms with Gasteiger partial charge in [0.25, 0.3) is 11.8 Å². The molecule has 2 aliphatic heterocycles. The number of carbonyl (C=O) groups excluding carboxylic acids is 3. The van der Waals surface area contributed by atoms with Crippen LogP contribution in [0.1, 0.15) is 19.8 Å². The number of rotatable bonds is 4. The minimum Gasteiger partial charge on any atom is -0.355 e. The van der Waals surface area contributed by atoms with Crippen molar-refractivity contribution in [3.05, 3.63) is 47.9 Å². The molecule has 9 nitrogen and oxygen atoms in total. The molecule has 1 N–H and O–H groups in total. The third kappa shape index (κ3) is 3.35. The summed E-state index contributed by atoms with van der Waals surface area (Å²) in [5, 5.41) is 10.9. The van der Waals surface area contributed by atoms with E-state index in [1.807, 2.05) is 12.1 Å². The van der Waals surface area contributed by atoms with Gasteiger partial charge in [-0.15, -0.1) is 10.2 Å². The van der Waals surface area contributed by atoms with Gasteiger partial charge in [-0.05, 0) is 44.0 Å². The second-order valence-electron chi connectivity index (χ2n) is 7.00. The monoisotopic (exact) mass is 392 g/mol.